The number of amides is 1. The summed E-state index contributed by atoms with van der Waals surface area (Å²) in [6.45, 7) is 4.05. The number of hydrogen-bond donors (Lipinski definition) is 1. The maximum atomic E-state index is 12.8. The highest BCUT2D eigenvalue weighted by Gasteiger charge is 2.20. The third-order valence-corrected chi connectivity index (χ3v) is 5.38. The Morgan fingerprint density at radius 1 is 1.00 bits per heavy atom. The summed E-state index contributed by atoms with van der Waals surface area (Å²) in [4.78, 5) is 17.4. The van der Waals surface area contributed by atoms with Gasteiger partial charge in [-0.2, -0.15) is 0 Å². The average Bonchev–Trinajstić information content (AvgIpc) is 3.15. The Kier molecular flexibility index (Phi) is 5.70. The van der Waals surface area contributed by atoms with Gasteiger partial charge in [0.1, 0.15) is 0 Å². The van der Waals surface area contributed by atoms with Gasteiger partial charge in [0.15, 0.2) is 5.82 Å². The van der Waals surface area contributed by atoms with Gasteiger partial charge in [-0.15, -0.1) is 5.10 Å². The number of benzene rings is 3. The zero-order valence-electron chi connectivity index (χ0n) is 16.4. The lowest BCUT2D eigenvalue weighted by atomic mass is 10.1. The SMILES string of the molecule is Cc1ccc(-n2nc(C(=O)Nc3ccc(Br)cc3)nc2-c2ccc(Cl)cc2)c(C)c1. The number of anilines is 1. The number of nitrogens with one attached hydrogen (secondary N) is 1. The molecule has 5 nitrogen and oxygen atoms in total. The number of carbonyl (C=O) groups excluding carboxylic acids is 1. The Labute approximate surface area is 187 Å². The van der Waals surface area contributed by atoms with Crippen LogP contribution in [0.2, 0.25) is 5.02 Å². The van der Waals surface area contributed by atoms with Crippen molar-refractivity contribution in [1.29, 1.82) is 0 Å². The predicted octanol–water partition coefficient (Wildman–Crippen LogP) is 6.22. The number of rotatable bonds is 4. The summed E-state index contributed by atoms with van der Waals surface area (Å²) < 4.78 is 2.64. The molecule has 150 valence electrons. The van der Waals surface area contributed by atoms with Gasteiger partial charge in [-0.25, -0.2) is 9.67 Å². The van der Waals surface area contributed by atoms with E-state index in [1.807, 2.05) is 62.4 Å². The fourth-order valence-electron chi connectivity index (χ4n) is 3.13. The van der Waals surface area contributed by atoms with E-state index in [2.05, 4.69) is 37.4 Å². The van der Waals surface area contributed by atoms with Gasteiger partial charge in [-0.05, 0) is 74.0 Å². The maximum absolute atomic E-state index is 12.8. The highest BCUT2D eigenvalue weighted by molar-refractivity contribution is 9.10. The summed E-state index contributed by atoms with van der Waals surface area (Å²) in [5, 5.41) is 8.01. The highest BCUT2D eigenvalue weighted by atomic mass is 79.9. The van der Waals surface area contributed by atoms with E-state index < -0.39 is 0 Å². The van der Waals surface area contributed by atoms with Gasteiger partial charge in [0.05, 0.1) is 5.69 Å². The third-order valence-electron chi connectivity index (χ3n) is 4.60. The predicted molar refractivity (Wildman–Crippen MR) is 123 cm³/mol. The Balaban J connectivity index is 1.78. The van der Waals surface area contributed by atoms with Gasteiger partial charge in [0, 0.05) is 20.7 Å². The van der Waals surface area contributed by atoms with Crippen molar-refractivity contribution in [3.8, 4) is 17.1 Å². The van der Waals surface area contributed by atoms with E-state index in [1.165, 1.54) is 0 Å². The molecule has 4 aromatic rings. The molecule has 7 heteroatoms. The first kappa shape index (κ1) is 20.3. The number of halogens is 2. The number of aromatic nitrogens is 3. The molecule has 1 heterocycles. The van der Waals surface area contributed by atoms with Crippen molar-refractivity contribution >= 4 is 39.1 Å². The molecular formula is C23H18BrClN4O. The molecule has 0 aliphatic carbocycles. The maximum Gasteiger partial charge on any atom is 0.295 e. The summed E-state index contributed by atoms with van der Waals surface area (Å²) in [5.74, 6) is 0.276. The number of hydrogen-bond acceptors (Lipinski definition) is 3. The van der Waals surface area contributed by atoms with Gasteiger partial charge in [0.25, 0.3) is 5.91 Å². The van der Waals surface area contributed by atoms with E-state index in [0.29, 0.717) is 16.5 Å². The molecule has 3 aromatic carbocycles. The molecular weight excluding hydrogens is 464 g/mol. The van der Waals surface area contributed by atoms with E-state index in [0.717, 1.165) is 26.9 Å². The van der Waals surface area contributed by atoms with E-state index in [4.69, 9.17) is 11.6 Å². The molecule has 0 atom stereocenters. The summed E-state index contributed by atoms with van der Waals surface area (Å²) in [5.41, 5.74) is 4.53. The molecule has 0 aliphatic heterocycles. The molecule has 0 fully saturated rings. The van der Waals surface area contributed by atoms with Crippen LogP contribution in [0.3, 0.4) is 0 Å². The molecule has 0 saturated heterocycles. The quantitative estimate of drug-likeness (QED) is 0.376. The Bertz CT molecular complexity index is 1220. The lowest BCUT2D eigenvalue weighted by Gasteiger charge is -2.10. The normalized spacial score (nSPS) is 10.8. The second-order valence-electron chi connectivity index (χ2n) is 6.93. The first-order valence-electron chi connectivity index (χ1n) is 9.28. The lowest BCUT2D eigenvalue weighted by Crippen LogP contribution is -2.14. The van der Waals surface area contributed by atoms with E-state index in [9.17, 15) is 4.79 Å². The third kappa shape index (κ3) is 4.30. The Morgan fingerprint density at radius 3 is 2.37 bits per heavy atom. The van der Waals surface area contributed by atoms with Crippen LogP contribution in [0.15, 0.2) is 71.2 Å². The first-order chi connectivity index (χ1) is 14.4. The molecule has 0 radical (unpaired) electrons. The molecule has 0 saturated carbocycles. The van der Waals surface area contributed by atoms with Crippen molar-refractivity contribution in [2.45, 2.75) is 13.8 Å². The molecule has 1 N–H and O–H groups in total. The van der Waals surface area contributed by atoms with E-state index >= 15 is 0 Å². The van der Waals surface area contributed by atoms with Crippen molar-refractivity contribution in [2.24, 2.45) is 0 Å². The standard InChI is InChI=1S/C23H18BrClN4O/c1-14-3-12-20(15(2)13-14)29-22(16-4-8-18(25)9-5-16)27-21(28-29)23(30)26-19-10-6-17(24)7-11-19/h3-13H,1-2H3,(H,26,30). The van der Waals surface area contributed by atoms with Gasteiger partial charge in [0.2, 0.25) is 5.82 Å². The van der Waals surface area contributed by atoms with Crippen LogP contribution in [-0.4, -0.2) is 20.7 Å². The number of carbonyl (C=O) groups is 1. The van der Waals surface area contributed by atoms with Crippen molar-refractivity contribution in [1.82, 2.24) is 14.8 Å². The van der Waals surface area contributed by atoms with Gasteiger partial charge < -0.3 is 5.32 Å². The van der Waals surface area contributed by atoms with E-state index in [-0.39, 0.29) is 11.7 Å². The fraction of sp³-hybridized carbons (Fsp3) is 0.0870. The van der Waals surface area contributed by atoms with Crippen LogP contribution in [0.25, 0.3) is 17.1 Å². The van der Waals surface area contributed by atoms with Crippen LogP contribution in [0.1, 0.15) is 21.7 Å². The summed E-state index contributed by atoms with van der Waals surface area (Å²) in [6.07, 6.45) is 0. The van der Waals surface area contributed by atoms with Gasteiger partial charge >= 0.3 is 0 Å². The Morgan fingerprint density at radius 2 is 1.70 bits per heavy atom. The smallest absolute Gasteiger partial charge is 0.295 e. The zero-order chi connectivity index (χ0) is 21.3. The number of nitrogens with zero attached hydrogens (tertiary/aromatic N) is 3. The molecule has 1 aromatic heterocycles. The van der Waals surface area contributed by atoms with Crippen LogP contribution >= 0.6 is 27.5 Å². The minimum atomic E-state index is -0.379. The summed E-state index contributed by atoms with van der Waals surface area (Å²) >= 11 is 9.43. The van der Waals surface area contributed by atoms with Crippen molar-refractivity contribution < 1.29 is 4.79 Å². The van der Waals surface area contributed by atoms with Crippen molar-refractivity contribution in [3.05, 3.63) is 93.2 Å². The molecule has 30 heavy (non-hydrogen) atoms. The lowest BCUT2D eigenvalue weighted by molar-refractivity contribution is 0.101. The molecule has 1 amide bonds. The van der Waals surface area contributed by atoms with Crippen molar-refractivity contribution in [2.75, 3.05) is 5.32 Å². The molecule has 4 rings (SSSR count). The van der Waals surface area contributed by atoms with Crippen LogP contribution in [0, 0.1) is 13.8 Å². The highest BCUT2D eigenvalue weighted by Crippen LogP contribution is 2.25. The van der Waals surface area contributed by atoms with Crippen LogP contribution in [0.5, 0.6) is 0 Å². The summed E-state index contributed by atoms with van der Waals surface area (Å²) in [6, 6.07) is 20.7. The fourth-order valence-corrected chi connectivity index (χ4v) is 3.52. The van der Waals surface area contributed by atoms with E-state index in [1.54, 1.807) is 16.8 Å². The second kappa shape index (κ2) is 8.42. The van der Waals surface area contributed by atoms with Crippen LogP contribution in [-0.2, 0) is 0 Å². The Hall–Kier alpha value is -2.96. The van der Waals surface area contributed by atoms with Gasteiger partial charge in [-0.1, -0.05) is 45.2 Å². The summed E-state index contributed by atoms with van der Waals surface area (Å²) in [7, 11) is 0. The number of aryl methyl sites for hydroxylation is 2. The minimum Gasteiger partial charge on any atom is -0.319 e. The van der Waals surface area contributed by atoms with Crippen molar-refractivity contribution in [3.63, 3.8) is 0 Å². The van der Waals surface area contributed by atoms with Gasteiger partial charge in [-0.3, -0.25) is 4.79 Å². The first-order valence-corrected chi connectivity index (χ1v) is 10.5. The van der Waals surface area contributed by atoms with Crippen LogP contribution in [0.4, 0.5) is 5.69 Å². The monoisotopic (exact) mass is 480 g/mol. The van der Waals surface area contributed by atoms with Crippen LogP contribution < -0.4 is 5.32 Å². The topological polar surface area (TPSA) is 59.8 Å². The molecule has 0 aliphatic rings. The average molecular weight is 482 g/mol. The minimum absolute atomic E-state index is 0.0860. The molecule has 0 unspecified atom stereocenters. The molecule has 0 spiro atoms. The molecule has 0 bridgehead atoms. The zero-order valence-corrected chi connectivity index (χ0v) is 18.7. The largest absolute Gasteiger partial charge is 0.319 e. The second-order valence-corrected chi connectivity index (χ2v) is 8.28.